The van der Waals surface area contributed by atoms with Crippen LogP contribution in [0, 0.1) is 5.92 Å². The van der Waals surface area contributed by atoms with Crippen molar-refractivity contribution in [3.8, 4) is 0 Å². The van der Waals surface area contributed by atoms with Crippen LogP contribution < -0.4 is 0 Å². The predicted molar refractivity (Wildman–Crippen MR) is 84.1 cm³/mol. The molecule has 0 aromatic rings. The Balaban J connectivity index is 3.02. The van der Waals surface area contributed by atoms with Gasteiger partial charge in [0.1, 0.15) is 0 Å². The van der Waals surface area contributed by atoms with Gasteiger partial charge in [0, 0.05) is 0 Å². The number of rotatable bonds is 13. The van der Waals surface area contributed by atoms with Crippen LogP contribution in [0.25, 0.3) is 0 Å². The third kappa shape index (κ3) is 14.3. The maximum Gasteiger partial charge on any atom is -0.00979 e. The highest BCUT2D eigenvalue weighted by Gasteiger charge is 2.00. The molecule has 0 saturated heterocycles. The first kappa shape index (κ1) is 17.4. The van der Waals surface area contributed by atoms with Crippen LogP contribution in [0.2, 0.25) is 0 Å². The van der Waals surface area contributed by atoms with Crippen molar-refractivity contribution in [3.63, 3.8) is 0 Å². The normalized spacial score (nSPS) is 12.9. The van der Waals surface area contributed by atoms with Crippen LogP contribution in [0.4, 0.5) is 0 Å². The predicted octanol–water partition coefficient (Wildman–Crippen LogP) is 6.25. The van der Waals surface area contributed by atoms with Gasteiger partial charge in [-0.05, 0) is 18.1 Å². The van der Waals surface area contributed by atoms with Crippen molar-refractivity contribution in [1.29, 1.82) is 0 Å². The Labute approximate surface area is 115 Å². The average molecular weight is 259 g/mol. The molecule has 0 saturated carbocycles. The van der Waals surface area contributed by atoms with Crippen molar-refractivity contribution in [2.24, 2.45) is 5.92 Å². The molecule has 0 aromatic carbocycles. The maximum atomic E-state index is 4.24. The van der Waals surface area contributed by atoms with Gasteiger partial charge in [-0.2, -0.15) is 12.6 Å². The standard InChI is InChI=1S/C16H34S/c1-3-4-13-16(2)14-11-9-7-5-6-8-10-12-15-17/h16-17H,3-15H2,1-2H3. The fourth-order valence-electron chi connectivity index (χ4n) is 2.36. The summed E-state index contributed by atoms with van der Waals surface area (Å²) < 4.78 is 0. The molecule has 104 valence electrons. The van der Waals surface area contributed by atoms with Crippen LogP contribution >= 0.6 is 12.6 Å². The monoisotopic (exact) mass is 258 g/mol. The summed E-state index contributed by atoms with van der Waals surface area (Å²) in [6.45, 7) is 4.72. The molecular formula is C16H34S. The Morgan fingerprint density at radius 3 is 1.71 bits per heavy atom. The van der Waals surface area contributed by atoms with Crippen LogP contribution in [-0.4, -0.2) is 5.75 Å². The van der Waals surface area contributed by atoms with Crippen molar-refractivity contribution >= 4 is 12.6 Å². The van der Waals surface area contributed by atoms with Crippen LogP contribution in [0.3, 0.4) is 0 Å². The summed E-state index contributed by atoms with van der Waals surface area (Å²) in [5.74, 6) is 2.03. The first-order chi connectivity index (χ1) is 8.31. The van der Waals surface area contributed by atoms with Gasteiger partial charge in [-0.1, -0.05) is 84.5 Å². The van der Waals surface area contributed by atoms with Gasteiger partial charge in [0.05, 0.1) is 0 Å². The largest absolute Gasteiger partial charge is 0.179 e. The van der Waals surface area contributed by atoms with E-state index in [1.54, 1.807) is 0 Å². The van der Waals surface area contributed by atoms with Crippen molar-refractivity contribution < 1.29 is 0 Å². The molecule has 1 unspecified atom stereocenters. The zero-order valence-corrected chi connectivity index (χ0v) is 13.1. The van der Waals surface area contributed by atoms with Crippen molar-refractivity contribution in [3.05, 3.63) is 0 Å². The maximum absolute atomic E-state index is 4.24. The smallest absolute Gasteiger partial charge is 0.00979 e. The van der Waals surface area contributed by atoms with E-state index in [1.807, 2.05) is 0 Å². The third-order valence-electron chi connectivity index (χ3n) is 3.66. The second-order valence-electron chi connectivity index (χ2n) is 5.59. The molecule has 17 heavy (non-hydrogen) atoms. The summed E-state index contributed by atoms with van der Waals surface area (Å²) in [7, 11) is 0. The zero-order chi connectivity index (χ0) is 12.8. The highest BCUT2D eigenvalue weighted by molar-refractivity contribution is 7.80. The summed E-state index contributed by atoms with van der Waals surface area (Å²) in [5, 5.41) is 0. The molecule has 1 heteroatoms. The van der Waals surface area contributed by atoms with Crippen molar-refractivity contribution in [1.82, 2.24) is 0 Å². The van der Waals surface area contributed by atoms with E-state index in [2.05, 4.69) is 26.5 Å². The van der Waals surface area contributed by atoms with E-state index in [0.29, 0.717) is 0 Å². The molecule has 0 bridgehead atoms. The molecule has 0 aliphatic heterocycles. The molecular weight excluding hydrogens is 224 g/mol. The molecule has 0 N–H and O–H groups in total. The van der Waals surface area contributed by atoms with Crippen molar-refractivity contribution in [2.75, 3.05) is 5.75 Å². The van der Waals surface area contributed by atoms with E-state index >= 15 is 0 Å². The van der Waals surface area contributed by atoms with Gasteiger partial charge in [0.15, 0.2) is 0 Å². The van der Waals surface area contributed by atoms with Crippen LogP contribution in [0.1, 0.15) is 90.9 Å². The average Bonchev–Trinajstić information content (AvgIpc) is 2.34. The van der Waals surface area contributed by atoms with Gasteiger partial charge < -0.3 is 0 Å². The fourth-order valence-corrected chi connectivity index (χ4v) is 2.59. The van der Waals surface area contributed by atoms with Crippen LogP contribution in [0.5, 0.6) is 0 Å². The summed E-state index contributed by atoms with van der Waals surface area (Å²) in [6.07, 6.45) is 17.1. The van der Waals surface area contributed by atoms with Crippen LogP contribution in [0.15, 0.2) is 0 Å². The van der Waals surface area contributed by atoms with Crippen LogP contribution in [-0.2, 0) is 0 Å². The lowest BCUT2D eigenvalue weighted by Crippen LogP contribution is -1.94. The SMILES string of the molecule is CCCCC(C)CCCCCCCCCCS. The lowest BCUT2D eigenvalue weighted by molar-refractivity contribution is 0.441. The minimum atomic E-state index is 0.963. The lowest BCUT2D eigenvalue weighted by Gasteiger charge is -2.10. The Kier molecular flexibility index (Phi) is 14.7. The molecule has 0 rings (SSSR count). The summed E-state index contributed by atoms with van der Waals surface area (Å²) in [4.78, 5) is 0. The summed E-state index contributed by atoms with van der Waals surface area (Å²) in [6, 6.07) is 0. The number of hydrogen-bond donors (Lipinski definition) is 1. The molecule has 0 nitrogen and oxygen atoms in total. The molecule has 0 aliphatic carbocycles. The van der Waals surface area contributed by atoms with Gasteiger partial charge >= 0.3 is 0 Å². The molecule has 0 fully saturated rings. The highest BCUT2D eigenvalue weighted by Crippen LogP contribution is 2.17. The lowest BCUT2D eigenvalue weighted by atomic mass is 9.97. The van der Waals surface area contributed by atoms with E-state index in [4.69, 9.17) is 0 Å². The Morgan fingerprint density at radius 1 is 0.706 bits per heavy atom. The Bertz CT molecular complexity index is 133. The van der Waals surface area contributed by atoms with E-state index in [9.17, 15) is 0 Å². The quantitative estimate of drug-likeness (QED) is 0.293. The minimum Gasteiger partial charge on any atom is -0.179 e. The minimum absolute atomic E-state index is 0.963. The number of unbranched alkanes of at least 4 members (excludes halogenated alkanes) is 8. The first-order valence-corrected chi connectivity index (χ1v) is 8.55. The van der Waals surface area contributed by atoms with E-state index < -0.39 is 0 Å². The van der Waals surface area contributed by atoms with E-state index in [-0.39, 0.29) is 0 Å². The molecule has 1 atom stereocenters. The molecule has 0 aromatic heterocycles. The van der Waals surface area contributed by atoms with E-state index in [1.165, 1.54) is 77.0 Å². The molecule has 0 radical (unpaired) electrons. The second kappa shape index (κ2) is 14.4. The highest BCUT2D eigenvalue weighted by atomic mass is 32.1. The van der Waals surface area contributed by atoms with Crippen molar-refractivity contribution in [2.45, 2.75) is 90.9 Å². The Morgan fingerprint density at radius 2 is 1.18 bits per heavy atom. The molecule has 0 aliphatic rings. The number of thiol groups is 1. The fraction of sp³-hybridized carbons (Fsp3) is 1.00. The summed E-state index contributed by atoms with van der Waals surface area (Å²) in [5.41, 5.74) is 0. The Hall–Kier alpha value is 0.350. The number of hydrogen-bond acceptors (Lipinski definition) is 1. The first-order valence-electron chi connectivity index (χ1n) is 7.92. The second-order valence-corrected chi connectivity index (χ2v) is 6.04. The van der Waals surface area contributed by atoms with Gasteiger partial charge in [-0.15, -0.1) is 0 Å². The summed E-state index contributed by atoms with van der Waals surface area (Å²) >= 11 is 4.24. The van der Waals surface area contributed by atoms with Gasteiger partial charge in [0.2, 0.25) is 0 Å². The molecule has 0 heterocycles. The third-order valence-corrected chi connectivity index (χ3v) is 3.97. The zero-order valence-electron chi connectivity index (χ0n) is 12.2. The molecule has 0 spiro atoms. The van der Waals surface area contributed by atoms with Gasteiger partial charge in [-0.3, -0.25) is 0 Å². The van der Waals surface area contributed by atoms with Gasteiger partial charge in [-0.25, -0.2) is 0 Å². The topological polar surface area (TPSA) is 0 Å². The van der Waals surface area contributed by atoms with E-state index in [0.717, 1.165) is 11.7 Å². The van der Waals surface area contributed by atoms with Gasteiger partial charge in [0.25, 0.3) is 0 Å². The molecule has 0 amide bonds.